The third kappa shape index (κ3) is 2.36. The van der Waals surface area contributed by atoms with Gasteiger partial charge in [0.2, 0.25) is 0 Å². The minimum Gasteiger partial charge on any atom is -0.0820 e. The third-order valence-corrected chi connectivity index (χ3v) is 2.80. The zero-order valence-corrected chi connectivity index (χ0v) is 8.06. The van der Waals surface area contributed by atoms with E-state index < -0.39 is 0 Å². The van der Waals surface area contributed by atoms with E-state index in [4.69, 9.17) is 0 Å². The van der Waals surface area contributed by atoms with Gasteiger partial charge in [0, 0.05) is 0 Å². The van der Waals surface area contributed by atoms with E-state index in [-0.39, 0.29) is 0 Å². The summed E-state index contributed by atoms with van der Waals surface area (Å²) in [4.78, 5) is 0. The highest BCUT2D eigenvalue weighted by Gasteiger charge is 2.15. The SMILES string of the molecule is CCC1=CC(C(C)C)CCC1. The highest BCUT2D eigenvalue weighted by molar-refractivity contribution is 5.07. The average Bonchev–Trinajstić information content (AvgIpc) is 2.05. The summed E-state index contributed by atoms with van der Waals surface area (Å²) in [5.74, 6) is 1.72. The Kier molecular flexibility index (Phi) is 3.16. The summed E-state index contributed by atoms with van der Waals surface area (Å²) >= 11 is 0. The number of rotatable bonds is 2. The number of allylic oxidation sites excluding steroid dienone is 2. The van der Waals surface area contributed by atoms with E-state index in [1.165, 1.54) is 25.7 Å². The van der Waals surface area contributed by atoms with Gasteiger partial charge in [-0.1, -0.05) is 32.4 Å². The van der Waals surface area contributed by atoms with Gasteiger partial charge in [-0.3, -0.25) is 0 Å². The zero-order chi connectivity index (χ0) is 8.27. The molecule has 0 aromatic carbocycles. The Hall–Kier alpha value is -0.260. The van der Waals surface area contributed by atoms with E-state index in [1.807, 2.05) is 0 Å². The Balaban J connectivity index is 2.55. The molecule has 0 nitrogen and oxygen atoms in total. The minimum absolute atomic E-state index is 0.844. The third-order valence-electron chi connectivity index (χ3n) is 2.80. The number of hydrogen-bond donors (Lipinski definition) is 0. The first-order valence-electron chi connectivity index (χ1n) is 4.93. The van der Waals surface area contributed by atoms with Crippen molar-refractivity contribution in [3.63, 3.8) is 0 Å². The monoisotopic (exact) mass is 152 g/mol. The second-order valence-corrected chi connectivity index (χ2v) is 3.98. The van der Waals surface area contributed by atoms with Crippen molar-refractivity contribution >= 4 is 0 Å². The van der Waals surface area contributed by atoms with Crippen molar-refractivity contribution in [2.75, 3.05) is 0 Å². The second-order valence-electron chi connectivity index (χ2n) is 3.98. The van der Waals surface area contributed by atoms with Gasteiger partial charge in [-0.15, -0.1) is 0 Å². The molecule has 0 heterocycles. The van der Waals surface area contributed by atoms with Crippen LogP contribution in [0.25, 0.3) is 0 Å². The molecule has 0 spiro atoms. The summed E-state index contributed by atoms with van der Waals surface area (Å²) in [5, 5.41) is 0. The Morgan fingerprint density at radius 1 is 1.55 bits per heavy atom. The molecule has 0 amide bonds. The fourth-order valence-corrected chi connectivity index (χ4v) is 1.85. The van der Waals surface area contributed by atoms with Crippen molar-refractivity contribution in [1.82, 2.24) is 0 Å². The van der Waals surface area contributed by atoms with Crippen molar-refractivity contribution in [2.45, 2.75) is 46.5 Å². The molecule has 0 bridgehead atoms. The molecule has 0 aliphatic heterocycles. The van der Waals surface area contributed by atoms with Crippen LogP contribution in [0.4, 0.5) is 0 Å². The lowest BCUT2D eigenvalue weighted by molar-refractivity contribution is 0.404. The van der Waals surface area contributed by atoms with Gasteiger partial charge in [0.15, 0.2) is 0 Å². The maximum atomic E-state index is 2.52. The predicted octanol–water partition coefficient (Wildman–Crippen LogP) is 3.78. The molecule has 1 aliphatic carbocycles. The largest absolute Gasteiger partial charge is 0.0820 e. The lowest BCUT2D eigenvalue weighted by atomic mass is 9.83. The summed E-state index contributed by atoms with van der Waals surface area (Å²) in [5.41, 5.74) is 1.69. The van der Waals surface area contributed by atoms with Crippen molar-refractivity contribution in [3.8, 4) is 0 Å². The molecule has 0 saturated heterocycles. The molecule has 0 aromatic heterocycles. The first kappa shape index (κ1) is 8.83. The van der Waals surface area contributed by atoms with Crippen LogP contribution in [0.1, 0.15) is 46.5 Å². The standard InChI is InChI=1S/C11H20/c1-4-10-6-5-7-11(8-10)9(2)3/h8-9,11H,4-7H2,1-3H3. The number of hydrogen-bond acceptors (Lipinski definition) is 0. The molecule has 0 radical (unpaired) electrons. The van der Waals surface area contributed by atoms with Gasteiger partial charge in [-0.05, 0) is 37.5 Å². The van der Waals surface area contributed by atoms with Crippen molar-refractivity contribution in [3.05, 3.63) is 11.6 Å². The Morgan fingerprint density at radius 3 is 2.82 bits per heavy atom. The quantitative estimate of drug-likeness (QED) is 0.528. The first-order valence-corrected chi connectivity index (χ1v) is 4.93. The predicted molar refractivity (Wildman–Crippen MR) is 50.6 cm³/mol. The molecule has 1 aliphatic rings. The minimum atomic E-state index is 0.844. The Bertz CT molecular complexity index is 142. The molecule has 0 fully saturated rings. The lowest BCUT2D eigenvalue weighted by Crippen LogP contribution is -2.10. The van der Waals surface area contributed by atoms with E-state index >= 15 is 0 Å². The van der Waals surface area contributed by atoms with Gasteiger partial charge in [-0.25, -0.2) is 0 Å². The van der Waals surface area contributed by atoms with Crippen molar-refractivity contribution < 1.29 is 0 Å². The zero-order valence-electron chi connectivity index (χ0n) is 8.06. The summed E-state index contributed by atoms with van der Waals surface area (Å²) in [6.45, 7) is 6.94. The molecule has 1 atom stereocenters. The van der Waals surface area contributed by atoms with Crippen molar-refractivity contribution in [1.29, 1.82) is 0 Å². The molecule has 0 saturated carbocycles. The van der Waals surface area contributed by atoms with E-state index in [0.717, 1.165) is 11.8 Å². The summed E-state index contributed by atoms with van der Waals surface area (Å²) < 4.78 is 0. The fraction of sp³-hybridized carbons (Fsp3) is 0.818. The van der Waals surface area contributed by atoms with Crippen LogP contribution in [-0.4, -0.2) is 0 Å². The molecular formula is C11H20. The molecule has 0 aromatic rings. The highest BCUT2D eigenvalue weighted by Crippen LogP contribution is 2.29. The van der Waals surface area contributed by atoms with Gasteiger partial charge in [0.05, 0.1) is 0 Å². The van der Waals surface area contributed by atoms with Crippen LogP contribution in [-0.2, 0) is 0 Å². The van der Waals surface area contributed by atoms with Crippen LogP contribution in [0.3, 0.4) is 0 Å². The molecule has 0 N–H and O–H groups in total. The van der Waals surface area contributed by atoms with Crippen LogP contribution in [0.15, 0.2) is 11.6 Å². The van der Waals surface area contributed by atoms with Gasteiger partial charge in [0.1, 0.15) is 0 Å². The summed E-state index contributed by atoms with van der Waals surface area (Å²) in [6, 6.07) is 0. The van der Waals surface area contributed by atoms with E-state index in [9.17, 15) is 0 Å². The van der Waals surface area contributed by atoms with Crippen LogP contribution in [0.2, 0.25) is 0 Å². The summed E-state index contributed by atoms with van der Waals surface area (Å²) in [7, 11) is 0. The van der Waals surface area contributed by atoms with Crippen LogP contribution in [0, 0.1) is 11.8 Å². The topological polar surface area (TPSA) is 0 Å². The van der Waals surface area contributed by atoms with Gasteiger partial charge >= 0.3 is 0 Å². The average molecular weight is 152 g/mol. The van der Waals surface area contributed by atoms with Crippen molar-refractivity contribution in [2.24, 2.45) is 11.8 Å². The molecule has 11 heavy (non-hydrogen) atoms. The second kappa shape index (κ2) is 3.94. The summed E-state index contributed by atoms with van der Waals surface area (Å²) in [6.07, 6.45) is 7.99. The van der Waals surface area contributed by atoms with E-state index in [1.54, 1.807) is 5.57 Å². The van der Waals surface area contributed by atoms with Gasteiger partial charge in [0.25, 0.3) is 0 Å². The Labute approximate surface area is 70.7 Å². The van der Waals surface area contributed by atoms with Crippen LogP contribution >= 0.6 is 0 Å². The molecule has 64 valence electrons. The fourth-order valence-electron chi connectivity index (χ4n) is 1.85. The maximum Gasteiger partial charge on any atom is -0.0208 e. The molecule has 0 heteroatoms. The first-order chi connectivity index (χ1) is 5.24. The van der Waals surface area contributed by atoms with Crippen LogP contribution in [0.5, 0.6) is 0 Å². The molecule has 1 unspecified atom stereocenters. The van der Waals surface area contributed by atoms with Gasteiger partial charge in [-0.2, -0.15) is 0 Å². The van der Waals surface area contributed by atoms with E-state index in [2.05, 4.69) is 26.8 Å². The Morgan fingerprint density at radius 2 is 2.27 bits per heavy atom. The molecular weight excluding hydrogens is 132 g/mol. The van der Waals surface area contributed by atoms with E-state index in [0.29, 0.717) is 0 Å². The maximum absolute atomic E-state index is 2.52. The smallest absolute Gasteiger partial charge is 0.0208 e. The lowest BCUT2D eigenvalue weighted by Gasteiger charge is -2.23. The molecule has 1 rings (SSSR count). The highest BCUT2D eigenvalue weighted by atomic mass is 14.2. The van der Waals surface area contributed by atoms with Gasteiger partial charge < -0.3 is 0 Å². The normalized spacial score (nSPS) is 25.5. The van der Waals surface area contributed by atoms with Crippen LogP contribution < -0.4 is 0 Å².